The van der Waals surface area contributed by atoms with E-state index in [0.29, 0.717) is 54.4 Å². The third kappa shape index (κ3) is 8.87. The molecule has 0 amide bonds. The van der Waals surface area contributed by atoms with Gasteiger partial charge >= 0.3 is 0 Å². The van der Waals surface area contributed by atoms with Gasteiger partial charge < -0.3 is 33.7 Å². The lowest BCUT2D eigenvalue weighted by Crippen LogP contribution is -2.47. The van der Waals surface area contributed by atoms with Gasteiger partial charge in [0.2, 0.25) is 0 Å². The molecule has 7 nitrogen and oxygen atoms in total. The molecule has 0 unspecified atom stereocenters. The Hall–Kier alpha value is -2.55. The summed E-state index contributed by atoms with van der Waals surface area (Å²) in [5, 5.41) is 3.23. The highest BCUT2D eigenvalue weighted by molar-refractivity contribution is 7.80. The molecule has 0 saturated heterocycles. The highest BCUT2D eigenvalue weighted by atomic mass is 32.1. The van der Waals surface area contributed by atoms with Crippen LogP contribution in [-0.2, 0) is 9.47 Å². The van der Waals surface area contributed by atoms with Crippen LogP contribution < -0.4 is 24.3 Å². The van der Waals surface area contributed by atoms with Crippen LogP contribution in [0.2, 0.25) is 0 Å². The monoisotopic (exact) mass is 503 g/mol. The first-order chi connectivity index (χ1) is 17.2. The van der Waals surface area contributed by atoms with E-state index in [1.54, 1.807) is 0 Å². The molecule has 0 atom stereocenters. The first-order valence-corrected chi connectivity index (χ1v) is 12.7. The van der Waals surface area contributed by atoms with Crippen molar-refractivity contribution in [2.45, 2.75) is 38.7 Å². The zero-order chi connectivity index (χ0) is 24.8. The van der Waals surface area contributed by atoms with Crippen LogP contribution in [0.5, 0.6) is 23.0 Å². The van der Waals surface area contributed by atoms with E-state index in [1.165, 1.54) is 0 Å². The van der Waals surface area contributed by atoms with E-state index in [4.69, 9.17) is 40.6 Å². The third-order valence-electron chi connectivity index (χ3n) is 5.44. The number of fused-ring (bicyclic) bond motifs is 2. The largest absolute Gasteiger partial charge is 0.487 e. The van der Waals surface area contributed by atoms with E-state index < -0.39 is 5.60 Å². The number of ether oxygens (including phenoxy) is 6. The minimum Gasteiger partial charge on any atom is -0.487 e. The summed E-state index contributed by atoms with van der Waals surface area (Å²) in [7, 11) is 0. The quantitative estimate of drug-likeness (QED) is 0.540. The lowest BCUT2D eigenvalue weighted by Gasteiger charge is -2.34. The van der Waals surface area contributed by atoms with Crippen LogP contribution in [0.4, 0.5) is 0 Å². The topological polar surface area (TPSA) is 67.4 Å². The van der Waals surface area contributed by atoms with Crippen LogP contribution in [0, 0.1) is 0 Å². The second-order valence-electron chi connectivity index (χ2n) is 8.35. The van der Waals surface area contributed by atoms with Gasteiger partial charge in [-0.15, -0.1) is 0 Å². The van der Waals surface area contributed by atoms with E-state index in [9.17, 15) is 0 Å². The van der Waals surface area contributed by atoms with E-state index in [-0.39, 0.29) is 19.8 Å². The Bertz CT molecular complexity index is 853. The number of para-hydroxylation sites is 4. The SMILES string of the molecule is CCCNC(=S)COC1(CCC)COc2ccccc2OCCOCCOc2ccccc2OC1. The molecule has 0 bridgehead atoms. The first kappa shape index (κ1) is 27.0. The number of benzene rings is 2. The summed E-state index contributed by atoms with van der Waals surface area (Å²) in [5.74, 6) is 2.63. The van der Waals surface area contributed by atoms with Crippen molar-refractivity contribution in [2.24, 2.45) is 0 Å². The summed E-state index contributed by atoms with van der Waals surface area (Å²) in [6, 6.07) is 15.3. The van der Waals surface area contributed by atoms with Crippen molar-refractivity contribution < 1.29 is 28.4 Å². The number of thiocarbonyl (C=S) groups is 1. The third-order valence-corrected chi connectivity index (χ3v) is 5.70. The Labute approximate surface area is 214 Å². The molecule has 0 aliphatic carbocycles. The van der Waals surface area contributed by atoms with Crippen molar-refractivity contribution in [2.75, 3.05) is 52.8 Å². The summed E-state index contributed by atoms with van der Waals surface area (Å²) < 4.78 is 36.5. The summed E-state index contributed by atoms with van der Waals surface area (Å²) in [6.07, 6.45) is 2.60. The van der Waals surface area contributed by atoms with Gasteiger partial charge in [0, 0.05) is 6.54 Å². The zero-order valence-corrected chi connectivity index (χ0v) is 21.6. The Balaban J connectivity index is 1.85. The lowest BCUT2D eigenvalue weighted by molar-refractivity contribution is -0.0895. The molecule has 0 radical (unpaired) electrons. The van der Waals surface area contributed by atoms with Crippen molar-refractivity contribution in [3.05, 3.63) is 48.5 Å². The van der Waals surface area contributed by atoms with Gasteiger partial charge in [0.15, 0.2) is 23.0 Å². The Morgan fingerprint density at radius 3 is 1.80 bits per heavy atom. The Morgan fingerprint density at radius 1 is 0.800 bits per heavy atom. The molecule has 0 spiro atoms. The van der Waals surface area contributed by atoms with Gasteiger partial charge in [-0.3, -0.25) is 0 Å². The maximum atomic E-state index is 6.45. The molecule has 2 aromatic carbocycles. The summed E-state index contributed by atoms with van der Waals surface area (Å²) in [6.45, 7) is 7.58. The maximum absolute atomic E-state index is 6.45. The van der Waals surface area contributed by atoms with Crippen molar-refractivity contribution in [1.29, 1.82) is 0 Å². The fraction of sp³-hybridized carbons (Fsp3) is 0.519. The minimum atomic E-state index is -0.729. The van der Waals surface area contributed by atoms with Crippen molar-refractivity contribution in [3.8, 4) is 23.0 Å². The molecule has 0 fully saturated rings. The van der Waals surface area contributed by atoms with E-state index in [1.807, 2.05) is 48.5 Å². The van der Waals surface area contributed by atoms with Gasteiger partial charge in [-0.05, 0) is 37.1 Å². The number of rotatable bonds is 7. The molecule has 1 N–H and O–H groups in total. The molecule has 192 valence electrons. The number of hydrogen-bond acceptors (Lipinski definition) is 7. The van der Waals surface area contributed by atoms with Crippen LogP contribution in [0.15, 0.2) is 48.5 Å². The standard InChI is InChI=1S/C27H37NO6S/c1-3-13-27(34-19-26(35)28-14-4-2)20-32-24-11-7-5-9-22(24)30-17-15-29-16-18-31-23-10-6-8-12-25(23)33-21-27/h5-12H,3-4,13-21H2,1-2H3,(H,28,35). The zero-order valence-electron chi connectivity index (χ0n) is 20.8. The predicted octanol–water partition coefficient (Wildman–Crippen LogP) is 4.81. The second-order valence-corrected chi connectivity index (χ2v) is 8.84. The van der Waals surface area contributed by atoms with Crippen LogP contribution in [0.3, 0.4) is 0 Å². The Kier molecular flexibility index (Phi) is 11.4. The average molecular weight is 504 g/mol. The van der Waals surface area contributed by atoms with Gasteiger partial charge in [0.25, 0.3) is 0 Å². The smallest absolute Gasteiger partial charge is 0.161 e. The number of nitrogens with one attached hydrogen (secondary N) is 1. The fourth-order valence-electron chi connectivity index (χ4n) is 3.65. The molecule has 3 rings (SSSR count). The van der Waals surface area contributed by atoms with Gasteiger partial charge in [0.05, 0.1) is 19.8 Å². The summed E-state index contributed by atoms with van der Waals surface area (Å²) in [5.41, 5.74) is -0.729. The predicted molar refractivity (Wildman–Crippen MR) is 140 cm³/mol. The molecule has 1 heterocycles. The van der Waals surface area contributed by atoms with Crippen LogP contribution >= 0.6 is 12.2 Å². The molecule has 35 heavy (non-hydrogen) atoms. The highest BCUT2D eigenvalue weighted by Crippen LogP contribution is 2.32. The van der Waals surface area contributed by atoms with Gasteiger partial charge in [-0.25, -0.2) is 0 Å². The maximum Gasteiger partial charge on any atom is 0.161 e. The first-order valence-electron chi connectivity index (χ1n) is 12.3. The number of hydrogen-bond donors (Lipinski definition) is 1. The van der Waals surface area contributed by atoms with Crippen molar-refractivity contribution in [3.63, 3.8) is 0 Å². The van der Waals surface area contributed by atoms with Crippen LogP contribution in [-0.4, -0.2) is 63.4 Å². The van der Waals surface area contributed by atoms with Crippen LogP contribution in [0.1, 0.15) is 33.1 Å². The van der Waals surface area contributed by atoms with Crippen molar-refractivity contribution >= 4 is 17.2 Å². The van der Waals surface area contributed by atoms with Gasteiger partial charge in [-0.1, -0.05) is 56.8 Å². The normalized spacial score (nSPS) is 16.3. The molecule has 2 aromatic rings. The molecule has 1 aliphatic heterocycles. The van der Waals surface area contributed by atoms with Gasteiger partial charge in [-0.2, -0.15) is 0 Å². The van der Waals surface area contributed by atoms with E-state index in [2.05, 4.69) is 19.2 Å². The molecule has 8 heteroatoms. The summed E-state index contributed by atoms with van der Waals surface area (Å²) >= 11 is 5.49. The van der Waals surface area contributed by atoms with Crippen molar-refractivity contribution in [1.82, 2.24) is 5.32 Å². The van der Waals surface area contributed by atoms with Crippen LogP contribution in [0.25, 0.3) is 0 Å². The average Bonchev–Trinajstić information content (AvgIpc) is 2.88. The molecular weight excluding hydrogens is 466 g/mol. The minimum absolute atomic E-state index is 0.275. The molecule has 1 aliphatic rings. The second kappa shape index (κ2) is 14.8. The Morgan fingerprint density at radius 2 is 1.31 bits per heavy atom. The van der Waals surface area contributed by atoms with E-state index >= 15 is 0 Å². The highest BCUT2D eigenvalue weighted by Gasteiger charge is 2.34. The molecule has 0 saturated carbocycles. The van der Waals surface area contributed by atoms with E-state index in [0.717, 1.165) is 25.8 Å². The lowest BCUT2D eigenvalue weighted by atomic mass is 9.99. The molecule has 0 aromatic heterocycles. The summed E-state index contributed by atoms with van der Waals surface area (Å²) in [4.78, 5) is 0.668. The molecular formula is C27H37NO6S. The fourth-order valence-corrected chi connectivity index (χ4v) is 3.81. The van der Waals surface area contributed by atoms with Gasteiger partial charge in [0.1, 0.15) is 37.0 Å².